The molecule has 0 aliphatic heterocycles. The lowest BCUT2D eigenvalue weighted by molar-refractivity contribution is -0.116. The van der Waals surface area contributed by atoms with Gasteiger partial charge in [-0.15, -0.1) is 11.3 Å². The third-order valence-electron chi connectivity index (χ3n) is 4.98. The van der Waals surface area contributed by atoms with E-state index in [9.17, 15) is 9.59 Å². The Balaban J connectivity index is 1.48. The van der Waals surface area contributed by atoms with Crippen molar-refractivity contribution < 1.29 is 14.0 Å². The van der Waals surface area contributed by atoms with Crippen LogP contribution in [0.25, 0.3) is 11.0 Å². The highest BCUT2D eigenvalue weighted by molar-refractivity contribution is 8.00. The molecule has 0 fully saturated rings. The van der Waals surface area contributed by atoms with Crippen LogP contribution in [0.2, 0.25) is 0 Å². The smallest absolute Gasteiger partial charge is 0.287 e. The minimum absolute atomic E-state index is 0.0153. The van der Waals surface area contributed by atoms with Gasteiger partial charge in [0.25, 0.3) is 5.91 Å². The Hall–Kier alpha value is -3.10. The average molecular weight is 480 g/mol. The molecule has 2 aromatic heterocycles. The number of hydrogen-bond acceptors (Lipinski definition) is 6. The van der Waals surface area contributed by atoms with Gasteiger partial charge in [0.1, 0.15) is 9.92 Å². The molecule has 0 radical (unpaired) electrons. The van der Waals surface area contributed by atoms with Gasteiger partial charge in [-0.05, 0) is 37.1 Å². The lowest BCUT2D eigenvalue weighted by Gasteiger charge is -2.08. The number of thiazole rings is 1. The number of rotatable bonds is 9. The van der Waals surface area contributed by atoms with Crippen molar-refractivity contribution in [3.63, 3.8) is 0 Å². The summed E-state index contributed by atoms with van der Waals surface area (Å²) >= 11 is 3.20. The minimum atomic E-state index is -0.266. The van der Waals surface area contributed by atoms with Crippen LogP contribution >= 0.6 is 23.1 Å². The summed E-state index contributed by atoms with van der Waals surface area (Å²) < 4.78 is 6.91. The molecular weight excluding hydrogens is 454 g/mol. The first-order chi connectivity index (χ1) is 16.0. The van der Waals surface area contributed by atoms with Crippen LogP contribution in [0.3, 0.4) is 0 Å². The van der Waals surface area contributed by atoms with E-state index in [-0.39, 0.29) is 11.8 Å². The van der Waals surface area contributed by atoms with Gasteiger partial charge >= 0.3 is 0 Å². The molecule has 4 aromatic rings. The van der Waals surface area contributed by atoms with Crippen LogP contribution in [0.15, 0.2) is 62.7 Å². The number of amides is 2. The van der Waals surface area contributed by atoms with Gasteiger partial charge in [-0.1, -0.05) is 49.0 Å². The molecule has 0 aliphatic rings. The number of aryl methyl sites for hydroxylation is 1. The van der Waals surface area contributed by atoms with Crippen molar-refractivity contribution in [2.75, 3.05) is 5.32 Å². The van der Waals surface area contributed by atoms with E-state index in [0.29, 0.717) is 30.1 Å². The first kappa shape index (κ1) is 23.1. The van der Waals surface area contributed by atoms with Crippen LogP contribution in [0, 0.1) is 6.92 Å². The normalized spacial score (nSPS) is 11.0. The van der Waals surface area contributed by atoms with Crippen molar-refractivity contribution in [1.82, 2.24) is 10.3 Å². The number of anilines is 1. The van der Waals surface area contributed by atoms with E-state index in [4.69, 9.17) is 4.42 Å². The van der Waals surface area contributed by atoms with E-state index in [1.54, 1.807) is 23.1 Å². The SMILES string of the molecule is CCCC(=O)Nc1cccc(CNC(=O)c2oc3ccccc3c2CSc2nc(C)cs2)c1. The van der Waals surface area contributed by atoms with E-state index in [1.807, 2.05) is 67.8 Å². The number of benzene rings is 2. The molecule has 0 atom stereocenters. The van der Waals surface area contributed by atoms with Crippen LogP contribution < -0.4 is 10.6 Å². The predicted molar refractivity (Wildman–Crippen MR) is 134 cm³/mol. The van der Waals surface area contributed by atoms with Crippen LogP contribution in [0.1, 0.15) is 47.1 Å². The van der Waals surface area contributed by atoms with Gasteiger partial charge in [-0.2, -0.15) is 0 Å². The van der Waals surface area contributed by atoms with Gasteiger partial charge in [0.2, 0.25) is 5.91 Å². The Morgan fingerprint density at radius 3 is 2.79 bits per heavy atom. The molecule has 0 saturated heterocycles. The van der Waals surface area contributed by atoms with Gasteiger partial charge in [-0.25, -0.2) is 4.98 Å². The first-order valence-electron chi connectivity index (χ1n) is 10.8. The summed E-state index contributed by atoms with van der Waals surface area (Å²) in [6.07, 6.45) is 1.27. The third kappa shape index (κ3) is 5.83. The molecule has 0 spiro atoms. The lowest BCUT2D eigenvalue weighted by atomic mass is 10.1. The topological polar surface area (TPSA) is 84.2 Å². The molecule has 0 bridgehead atoms. The van der Waals surface area contributed by atoms with Gasteiger partial charge in [0.05, 0.1) is 0 Å². The number of para-hydroxylation sites is 1. The molecule has 0 aliphatic carbocycles. The van der Waals surface area contributed by atoms with Gasteiger partial charge in [-0.3, -0.25) is 9.59 Å². The zero-order valence-electron chi connectivity index (χ0n) is 18.5. The molecule has 170 valence electrons. The van der Waals surface area contributed by atoms with Crippen LogP contribution in [0.5, 0.6) is 0 Å². The maximum absolute atomic E-state index is 13.1. The van der Waals surface area contributed by atoms with Crippen molar-refractivity contribution in [3.05, 3.63) is 76.5 Å². The second-order valence-electron chi connectivity index (χ2n) is 7.63. The summed E-state index contributed by atoms with van der Waals surface area (Å²) in [7, 11) is 0. The Morgan fingerprint density at radius 1 is 1.15 bits per heavy atom. The molecule has 6 nitrogen and oxygen atoms in total. The van der Waals surface area contributed by atoms with Gasteiger partial charge < -0.3 is 15.1 Å². The van der Waals surface area contributed by atoms with E-state index in [2.05, 4.69) is 15.6 Å². The molecule has 8 heteroatoms. The van der Waals surface area contributed by atoms with Crippen molar-refractivity contribution in [3.8, 4) is 0 Å². The van der Waals surface area contributed by atoms with Crippen LogP contribution in [-0.2, 0) is 17.1 Å². The summed E-state index contributed by atoms with van der Waals surface area (Å²) in [5.41, 5.74) is 4.16. The summed E-state index contributed by atoms with van der Waals surface area (Å²) in [5, 5.41) is 8.79. The fourth-order valence-corrected chi connectivity index (χ4v) is 5.31. The second kappa shape index (κ2) is 10.7. The number of nitrogens with one attached hydrogen (secondary N) is 2. The number of carbonyl (C=O) groups is 2. The largest absolute Gasteiger partial charge is 0.451 e. The minimum Gasteiger partial charge on any atom is -0.451 e. The number of hydrogen-bond donors (Lipinski definition) is 2. The number of furan rings is 1. The average Bonchev–Trinajstić information content (AvgIpc) is 3.39. The zero-order chi connectivity index (χ0) is 23.2. The maximum atomic E-state index is 13.1. The number of thioether (sulfide) groups is 1. The Morgan fingerprint density at radius 2 is 2.00 bits per heavy atom. The van der Waals surface area contributed by atoms with E-state index < -0.39 is 0 Å². The molecule has 0 saturated carbocycles. The molecule has 33 heavy (non-hydrogen) atoms. The second-order valence-corrected chi connectivity index (χ2v) is 9.71. The molecule has 0 unspecified atom stereocenters. The van der Waals surface area contributed by atoms with E-state index >= 15 is 0 Å². The molecule has 2 N–H and O–H groups in total. The van der Waals surface area contributed by atoms with E-state index in [1.165, 1.54) is 0 Å². The van der Waals surface area contributed by atoms with Crippen molar-refractivity contribution in [1.29, 1.82) is 0 Å². The fourth-order valence-electron chi connectivity index (χ4n) is 3.43. The van der Waals surface area contributed by atoms with Crippen molar-refractivity contribution in [2.45, 2.75) is 43.3 Å². The Kier molecular flexibility index (Phi) is 7.47. The van der Waals surface area contributed by atoms with Crippen LogP contribution in [0.4, 0.5) is 5.69 Å². The molecule has 2 aromatic carbocycles. The van der Waals surface area contributed by atoms with Gasteiger partial charge in [0, 0.05) is 46.4 Å². The Bertz CT molecular complexity index is 1280. The summed E-state index contributed by atoms with van der Waals surface area (Å²) in [4.78, 5) is 29.4. The monoisotopic (exact) mass is 479 g/mol. The number of carbonyl (C=O) groups excluding carboxylic acids is 2. The number of fused-ring (bicyclic) bond motifs is 1. The fraction of sp³-hybridized carbons (Fsp3) is 0.240. The maximum Gasteiger partial charge on any atom is 0.287 e. The number of aromatic nitrogens is 1. The third-order valence-corrected chi connectivity index (χ3v) is 7.15. The highest BCUT2D eigenvalue weighted by Crippen LogP contribution is 2.33. The molecular formula is C25H25N3O3S2. The standard InChI is InChI=1S/C25H25N3O3S2/c1-3-7-22(29)28-18-9-6-8-17(12-18)13-26-24(30)23-20(15-33-25-27-16(2)14-32-25)19-10-4-5-11-21(19)31-23/h4-6,8-12,14H,3,7,13,15H2,1-2H3,(H,26,30)(H,28,29). The van der Waals surface area contributed by atoms with Gasteiger partial charge in [0.15, 0.2) is 5.76 Å². The number of nitrogens with zero attached hydrogens (tertiary/aromatic N) is 1. The van der Waals surface area contributed by atoms with E-state index in [0.717, 1.165) is 38.7 Å². The predicted octanol–water partition coefficient (Wildman–Crippen LogP) is 6.16. The highest BCUT2D eigenvalue weighted by Gasteiger charge is 2.21. The first-order valence-corrected chi connectivity index (χ1v) is 12.6. The Labute approximate surface area is 200 Å². The summed E-state index contributed by atoms with van der Waals surface area (Å²) in [5.74, 6) is 0.631. The van der Waals surface area contributed by atoms with Crippen molar-refractivity contribution in [2.24, 2.45) is 0 Å². The molecule has 2 heterocycles. The molecule has 4 rings (SSSR count). The summed E-state index contributed by atoms with van der Waals surface area (Å²) in [6, 6.07) is 15.2. The summed E-state index contributed by atoms with van der Waals surface area (Å²) in [6.45, 7) is 4.26. The van der Waals surface area contributed by atoms with Crippen LogP contribution in [-0.4, -0.2) is 16.8 Å². The lowest BCUT2D eigenvalue weighted by Crippen LogP contribution is -2.23. The quantitative estimate of drug-likeness (QED) is 0.281. The van der Waals surface area contributed by atoms with Crippen molar-refractivity contribution >= 4 is 51.6 Å². The highest BCUT2D eigenvalue weighted by atomic mass is 32.2. The zero-order valence-corrected chi connectivity index (χ0v) is 20.1. The molecule has 2 amide bonds.